The van der Waals surface area contributed by atoms with Crippen LogP contribution in [-0.4, -0.2) is 0 Å². The van der Waals surface area contributed by atoms with Crippen LogP contribution >= 0.6 is 11.6 Å². The standard InChI is InChI=1S/C11H9ClF2/c1-4-11(2,3)7-5-6-8(13)9(12)10(7)14/h1,5-6H,2-3H3. The molecule has 0 aliphatic heterocycles. The van der Waals surface area contributed by atoms with Crippen LogP contribution in [0.1, 0.15) is 19.4 Å². The van der Waals surface area contributed by atoms with Gasteiger partial charge in [-0.2, -0.15) is 0 Å². The Kier molecular flexibility index (Phi) is 2.82. The highest BCUT2D eigenvalue weighted by Gasteiger charge is 2.24. The minimum Gasteiger partial charge on any atom is -0.205 e. The largest absolute Gasteiger partial charge is 0.205 e. The van der Waals surface area contributed by atoms with Crippen LogP contribution in [0.2, 0.25) is 5.02 Å². The molecule has 3 heteroatoms. The van der Waals surface area contributed by atoms with Gasteiger partial charge in [0.2, 0.25) is 0 Å². The fraction of sp³-hybridized carbons (Fsp3) is 0.273. The van der Waals surface area contributed by atoms with Crippen molar-refractivity contribution < 1.29 is 8.78 Å². The summed E-state index contributed by atoms with van der Waals surface area (Å²) in [6.45, 7) is 3.33. The summed E-state index contributed by atoms with van der Waals surface area (Å²) in [7, 11) is 0. The molecule has 0 saturated heterocycles. The molecule has 0 atom stereocenters. The Morgan fingerprint density at radius 3 is 2.43 bits per heavy atom. The maximum absolute atomic E-state index is 13.5. The lowest BCUT2D eigenvalue weighted by atomic mass is 9.85. The highest BCUT2D eigenvalue weighted by molar-refractivity contribution is 6.31. The van der Waals surface area contributed by atoms with Crippen LogP contribution in [0, 0.1) is 24.0 Å². The van der Waals surface area contributed by atoms with Crippen LogP contribution in [0.15, 0.2) is 12.1 Å². The zero-order valence-corrected chi connectivity index (χ0v) is 8.62. The van der Waals surface area contributed by atoms with Crippen molar-refractivity contribution in [3.05, 3.63) is 34.4 Å². The lowest BCUT2D eigenvalue weighted by Crippen LogP contribution is -2.16. The van der Waals surface area contributed by atoms with E-state index < -0.39 is 22.1 Å². The van der Waals surface area contributed by atoms with Crippen molar-refractivity contribution in [2.75, 3.05) is 0 Å². The Bertz CT molecular complexity index is 402. The quantitative estimate of drug-likeness (QED) is 0.496. The van der Waals surface area contributed by atoms with Gasteiger partial charge >= 0.3 is 0 Å². The van der Waals surface area contributed by atoms with Crippen LogP contribution in [0.25, 0.3) is 0 Å². The third-order valence-corrected chi connectivity index (χ3v) is 2.42. The van der Waals surface area contributed by atoms with E-state index in [4.69, 9.17) is 18.0 Å². The van der Waals surface area contributed by atoms with Gasteiger partial charge in [-0.15, -0.1) is 6.42 Å². The van der Waals surface area contributed by atoms with E-state index in [2.05, 4.69) is 5.92 Å². The molecule has 0 saturated carbocycles. The SMILES string of the molecule is C#CC(C)(C)c1ccc(F)c(Cl)c1F. The average molecular weight is 215 g/mol. The van der Waals surface area contributed by atoms with Gasteiger partial charge in [-0.05, 0) is 19.9 Å². The first kappa shape index (κ1) is 11.0. The van der Waals surface area contributed by atoms with E-state index >= 15 is 0 Å². The van der Waals surface area contributed by atoms with Gasteiger partial charge in [0.1, 0.15) is 16.7 Å². The Morgan fingerprint density at radius 2 is 1.93 bits per heavy atom. The summed E-state index contributed by atoms with van der Waals surface area (Å²) in [5.41, 5.74) is -0.562. The highest BCUT2D eigenvalue weighted by Crippen LogP contribution is 2.30. The van der Waals surface area contributed by atoms with E-state index in [9.17, 15) is 8.78 Å². The number of hydrogen-bond acceptors (Lipinski definition) is 0. The van der Waals surface area contributed by atoms with Crippen LogP contribution in [0.3, 0.4) is 0 Å². The van der Waals surface area contributed by atoms with E-state index in [1.165, 1.54) is 6.07 Å². The molecule has 0 aliphatic rings. The molecule has 0 unspecified atom stereocenters. The molecule has 0 heterocycles. The predicted octanol–water partition coefficient (Wildman–Crippen LogP) is 3.53. The molecular weight excluding hydrogens is 206 g/mol. The fourth-order valence-electron chi connectivity index (χ4n) is 1.09. The number of terminal acetylenes is 1. The smallest absolute Gasteiger partial charge is 0.149 e. The Balaban J connectivity index is 3.41. The van der Waals surface area contributed by atoms with E-state index in [1.807, 2.05) is 0 Å². The van der Waals surface area contributed by atoms with Gasteiger partial charge in [-0.25, -0.2) is 8.78 Å². The molecule has 1 aromatic rings. The second-order valence-electron chi connectivity index (χ2n) is 3.49. The maximum Gasteiger partial charge on any atom is 0.149 e. The topological polar surface area (TPSA) is 0 Å². The Morgan fingerprint density at radius 1 is 1.36 bits per heavy atom. The second kappa shape index (κ2) is 3.59. The molecule has 0 radical (unpaired) electrons. The molecular formula is C11H9ClF2. The molecule has 74 valence electrons. The summed E-state index contributed by atoms with van der Waals surface area (Å²) in [4.78, 5) is 0. The van der Waals surface area contributed by atoms with Gasteiger partial charge in [0, 0.05) is 5.56 Å². The monoisotopic (exact) mass is 214 g/mol. The molecule has 0 aliphatic carbocycles. The third kappa shape index (κ3) is 1.73. The van der Waals surface area contributed by atoms with Crippen molar-refractivity contribution in [1.82, 2.24) is 0 Å². The van der Waals surface area contributed by atoms with Crippen LogP contribution < -0.4 is 0 Å². The van der Waals surface area contributed by atoms with Gasteiger partial charge in [0.25, 0.3) is 0 Å². The molecule has 0 N–H and O–H groups in total. The first-order chi connectivity index (χ1) is 6.40. The molecule has 0 nitrogen and oxygen atoms in total. The predicted molar refractivity (Wildman–Crippen MR) is 53.2 cm³/mol. The summed E-state index contributed by atoms with van der Waals surface area (Å²) in [5, 5.41) is -0.508. The average Bonchev–Trinajstić information content (AvgIpc) is 2.14. The normalized spacial score (nSPS) is 11.1. The van der Waals surface area contributed by atoms with E-state index in [0.717, 1.165) is 6.07 Å². The Labute approximate surface area is 86.9 Å². The van der Waals surface area contributed by atoms with E-state index in [0.29, 0.717) is 0 Å². The molecule has 1 rings (SSSR count). The zero-order chi connectivity index (χ0) is 10.9. The number of halogens is 3. The molecule has 1 aromatic carbocycles. The maximum atomic E-state index is 13.5. The fourth-order valence-corrected chi connectivity index (χ4v) is 1.25. The van der Waals surface area contributed by atoms with Gasteiger partial charge < -0.3 is 0 Å². The summed E-state index contributed by atoms with van der Waals surface area (Å²) in [6.07, 6.45) is 5.24. The van der Waals surface area contributed by atoms with Crippen molar-refractivity contribution in [3.8, 4) is 12.3 Å². The van der Waals surface area contributed by atoms with Crippen molar-refractivity contribution in [2.24, 2.45) is 0 Å². The number of hydrogen-bond donors (Lipinski definition) is 0. The first-order valence-corrected chi connectivity index (χ1v) is 4.39. The van der Waals surface area contributed by atoms with Crippen LogP contribution in [0.5, 0.6) is 0 Å². The molecule has 0 aromatic heterocycles. The minimum atomic E-state index is -0.790. The molecule has 0 spiro atoms. The number of rotatable bonds is 1. The van der Waals surface area contributed by atoms with Crippen molar-refractivity contribution in [2.45, 2.75) is 19.3 Å². The molecule has 0 amide bonds. The van der Waals surface area contributed by atoms with Gasteiger partial charge in [-0.3, -0.25) is 0 Å². The van der Waals surface area contributed by atoms with Gasteiger partial charge in [-0.1, -0.05) is 23.6 Å². The number of benzene rings is 1. The van der Waals surface area contributed by atoms with E-state index in [-0.39, 0.29) is 5.56 Å². The minimum absolute atomic E-state index is 0.228. The molecule has 14 heavy (non-hydrogen) atoms. The zero-order valence-electron chi connectivity index (χ0n) is 7.87. The summed E-state index contributed by atoms with van der Waals surface area (Å²) < 4.78 is 26.3. The molecule has 0 fully saturated rings. The first-order valence-electron chi connectivity index (χ1n) is 4.02. The van der Waals surface area contributed by atoms with Crippen molar-refractivity contribution >= 4 is 11.6 Å². The lowest BCUT2D eigenvalue weighted by molar-refractivity contribution is 0.546. The van der Waals surface area contributed by atoms with Crippen LogP contribution in [-0.2, 0) is 5.41 Å². The summed E-state index contributed by atoms with van der Waals surface area (Å²) >= 11 is 5.43. The summed E-state index contributed by atoms with van der Waals surface area (Å²) in [5.74, 6) is 0.864. The second-order valence-corrected chi connectivity index (χ2v) is 3.87. The van der Waals surface area contributed by atoms with Crippen LogP contribution in [0.4, 0.5) is 8.78 Å². The van der Waals surface area contributed by atoms with Crippen molar-refractivity contribution in [3.63, 3.8) is 0 Å². The van der Waals surface area contributed by atoms with Gasteiger partial charge in [0.15, 0.2) is 0 Å². The third-order valence-electron chi connectivity index (χ3n) is 2.07. The highest BCUT2D eigenvalue weighted by atomic mass is 35.5. The van der Waals surface area contributed by atoms with E-state index in [1.54, 1.807) is 13.8 Å². The Hall–Kier alpha value is -1.07. The van der Waals surface area contributed by atoms with Crippen molar-refractivity contribution in [1.29, 1.82) is 0 Å². The molecule has 0 bridgehead atoms. The summed E-state index contributed by atoms with van der Waals surface area (Å²) in [6, 6.07) is 2.43. The lowest BCUT2D eigenvalue weighted by Gasteiger charge is -2.19. The van der Waals surface area contributed by atoms with Gasteiger partial charge in [0.05, 0.1) is 5.41 Å².